The van der Waals surface area contributed by atoms with Crippen molar-refractivity contribution in [2.75, 3.05) is 0 Å². The molecule has 0 fully saturated rings. The summed E-state index contributed by atoms with van der Waals surface area (Å²) in [6, 6.07) is 18.1. The van der Waals surface area contributed by atoms with Crippen molar-refractivity contribution in [2.45, 2.75) is 24.3 Å². The van der Waals surface area contributed by atoms with E-state index in [2.05, 4.69) is 37.8 Å². The van der Waals surface area contributed by atoms with E-state index in [0.717, 1.165) is 9.13 Å². The average molecular weight is 689 g/mol. The topological polar surface area (TPSA) is 108 Å². The Morgan fingerprint density at radius 1 is 1.09 bits per heavy atom. The van der Waals surface area contributed by atoms with Gasteiger partial charge in [0.25, 0.3) is 0 Å². The lowest BCUT2D eigenvalue weighted by Gasteiger charge is -2.18. The fraction of sp³-hybridized carbons (Fsp3) is 0.130. The molecular formula is C23H21I2N3O4S. The number of amides is 1. The first-order valence-electron chi connectivity index (χ1n) is 9.79. The first-order valence-corrected chi connectivity index (χ1v) is 13.4. The number of aryl methyl sites for hydroxylation is 1. The van der Waals surface area contributed by atoms with E-state index in [-0.39, 0.29) is 17.1 Å². The van der Waals surface area contributed by atoms with Crippen LogP contribution in [0.15, 0.2) is 76.7 Å². The third-order valence-electron chi connectivity index (χ3n) is 4.67. The van der Waals surface area contributed by atoms with Gasteiger partial charge in [-0.3, -0.25) is 4.79 Å². The number of nitrogens with one attached hydrogen (secondary N) is 2. The van der Waals surface area contributed by atoms with Crippen molar-refractivity contribution >= 4 is 67.3 Å². The zero-order chi connectivity index (χ0) is 24.0. The second-order valence-corrected chi connectivity index (χ2v) is 11.3. The Bertz CT molecular complexity index is 1260. The Hall–Kier alpha value is -2.03. The van der Waals surface area contributed by atoms with E-state index in [1.807, 2.05) is 41.6 Å². The molecule has 0 heterocycles. The first-order chi connectivity index (χ1) is 15.7. The third kappa shape index (κ3) is 7.22. The van der Waals surface area contributed by atoms with E-state index < -0.39 is 22.0 Å². The van der Waals surface area contributed by atoms with Gasteiger partial charge in [-0.15, -0.1) is 0 Å². The number of carbonyl (C=O) groups excluding carboxylic acids is 1. The van der Waals surface area contributed by atoms with Crippen molar-refractivity contribution in [2.24, 2.45) is 5.10 Å². The number of nitrogens with zero attached hydrogens (tertiary/aromatic N) is 1. The molecule has 0 aliphatic heterocycles. The molecule has 33 heavy (non-hydrogen) atoms. The second-order valence-electron chi connectivity index (χ2n) is 7.22. The number of halogens is 2. The highest BCUT2D eigenvalue weighted by atomic mass is 127. The number of hydrazone groups is 1. The van der Waals surface area contributed by atoms with Crippen LogP contribution in [0.2, 0.25) is 0 Å². The van der Waals surface area contributed by atoms with Gasteiger partial charge in [0, 0.05) is 15.6 Å². The minimum Gasteiger partial charge on any atom is -0.506 e. The molecule has 10 heteroatoms. The van der Waals surface area contributed by atoms with Crippen LogP contribution in [0.25, 0.3) is 0 Å². The molecule has 0 bridgehead atoms. The summed E-state index contributed by atoms with van der Waals surface area (Å²) in [5, 5.41) is 14.1. The summed E-state index contributed by atoms with van der Waals surface area (Å²) in [6.45, 7) is 1.87. The van der Waals surface area contributed by atoms with Crippen LogP contribution in [0.4, 0.5) is 0 Å². The van der Waals surface area contributed by atoms with E-state index in [0.29, 0.717) is 14.7 Å². The number of phenols is 1. The van der Waals surface area contributed by atoms with Gasteiger partial charge < -0.3 is 5.11 Å². The quantitative estimate of drug-likeness (QED) is 0.185. The van der Waals surface area contributed by atoms with Gasteiger partial charge in [0.1, 0.15) is 5.75 Å². The van der Waals surface area contributed by atoms with Gasteiger partial charge in [-0.05, 0) is 81.9 Å². The summed E-state index contributed by atoms with van der Waals surface area (Å²) < 4.78 is 30.0. The maximum atomic E-state index is 12.9. The molecule has 0 aromatic heterocycles. The molecule has 0 aliphatic carbocycles. The number of hydrogen-bond acceptors (Lipinski definition) is 5. The lowest BCUT2D eigenvalue weighted by Crippen LogP contribution is -2.32. The summed E-state index contributed by atoms with van der Waals surface area (Å²) >= 11 is 4.14. The molecule has 3 N–H and O–H groups in total. The maximum Gasteiger partial charge on any atom is 0.242 e. The average Bonchev–Trinajstić information content (AvgIpc) is 2.77. The molecule has 1 amide bonds. The largest absolute Gasteiger partial charge is 0.506 e. The molecule has 172 valence electrons. The van der Waals surface area contributed by atoms with Crippen molar-refractivity contribution in [3.05, 3.63) is 90.6 Å². The zero-order valence-corrected chi connectivity index (χ0v) is 22.6. The monoisotopic (exact) mass is 689 g/mol. The fourth-order valence-electron chi connectivity index (χ4n) is 2.97. The molecule has 0 saturated heterocycles. The molecule has 3 aromatic rings. The molecule has 0 aliphatic rings. The zero-order valence-electron chi connectivity index (χ0n) is 17.5. The second kappa shape index (κ2) is 11.4. The molecule has 1 atom stereocenters. The highest BCUT2D eigenvalue weighted by molar-refractivity contribution is 14.1. The van der Waals surface area contributed by atoms with Crippen LogP contribution in [0, 0.1) is 14.1 Å². The van der Waals surface area contributed by atoms with E-state index in [1.165, 1.54) is 18.3 Å². The lowest BCUT2D eigenvalue weighted by atomic mass is 10.0. The smallest absolute Gasteiger partial charge is 0.242 e. The normalized spacial score (nSPS) is 12.6. The summed E-state index contributed by atoms with van der Waals surface area (Å²) in [5.41, 5.74) is 4.47. The van der Waals surface area contributed by atoms with E-state index in [1.54, 1.807) is 42.5 Å². The van der Waals surface area contributed by atoms with E-state index >= 15 is 0 Å². The van der Waals surface area contributed by atoms with Gasteiger partial charge in [-0.25, -0.2) is 18.6 Å². The van der Waals surface area contributed by atoms with Gasteiger partial charge in [-0.1, -0.05) is 48.0 Å². The van der Waals surface area contributed by atoms with Crippen LogP contribution in [0.1, 0.15) is 29.2 Å². The van der Waals surface area contributed by atoms with Crippen LogP contribution in [-0.4, -0.2) is 25.6 Å². The first kappa shape index (κ1) is 25.6. The Labute approximate surface area is 220 Å². The summed E-state index contributed by atoms with van der Waals surface area (Å²) in [5.74, 6) is -0.409. The minimum absolute atomic E-state index is 0.0713. The van der Waals surface area contributed by atoms with Crippen LogP contribution in [0.5, 0.6) is 5.75 Å². The number of aromatic hydroxyl groups is 1. The number of sulfonamides is 1. The number of hydrogen-bond donors (Lipinski definition) is 3. The summed E-state index contributed by atoms with van der Waals surface area (Å²) in [6.07, 6.45) is 1.19. The molecular weight excluding hydrogens is 668 g/mol. The highest BCUT2D eigenvalue weighted by Gasteiger charge is 2.23. The number of benzene rings is 3. The van der Waals surface area contributed by atoms with Crippen LogP contribution in [-0.2, 0) is 14.8 Å². The van der Waals surface area contributed by atoms with Crippen LogP contribution < -0.4 is 10.1 Å². The van der Waals surface area contributed by atoms with Crippen molar-refractivity contribution in [1.82, 2.24) is 10.1 Å². The Morgan fingerprint density at radius 3 is 2.42 bits per heavy atom. The van der Waals surface area contributed by atoms with E-state index in [9.17, 15) is 18.3 Å². The molecule has 0 radical (unpaired) electrons. The Kier molecular flexibility index (Phi) is 8.84. The molecule has 3 aromatic carbocycles. The van der Waals surface area contributed by atoms with Gasteiger partial charge in [0.2, 0.25) is 15.9 Å². The predicted octanol–water partition coefficient (Wildman–Crippen LogP) is 4.47. The number of carbonyl (C=O) groups is 1. The van der Waals surface area contributed by atoms with Gasteiger partial charge in [-0.2, -0.15) is 5.10 Å². The summed E-state index contributed by atoms with van der Waals surface area (Å²) in [7, 11) is -3.85. The SMILES string of the molecule is Cc1ccc(S(=O)(=O)N[C@H](CC(=O)N/N=C\c2cc(I)cc(I)c2O)c2ccccc2)cc1. The van der Waals surface area contributed by atoms with Gasteiger partial charge >= 0.3 is 0 Å². The fourth-order valence-corrected chi connectivity index (χ4v) is 6.09. The van der Waals surface area contributed by atoms with Crippen LogP contribution >= 0.6 is 45.2 Å². The van der Waals surface area contributed by atoms with E-state index in [4.69, 9.17) is 0 Å². The molecule has 0 saturated carbocycles. The van der Waals surface area contributed by atoms with Crippen molar-refractivity contribution < 1.29 is 18.3 Å². The number of rotatable bonds is 8. The van der Waals surface area contributed by atoms with Crippen molar-refractivity contribution in [1.29, 1.82) is 0 Å². The predicted molar refractivity (Wildman–Crippen MR) is 145 cm³/mol. The standard InChI is InChI=1S/C23H21I2N3O4S/c1-15-7-9-19(10-8-15)33(31,32)28-21(16-5-3-2-4-6-16)13-22(29)27-26-14-17-11-18(24)12-20(25)23(17)30/h2-12,14,21,28,30H,13H2,1H3,(H,27,29)/b26-14-/t21-/m1/s1. The summed E-state index contributed by atoms with van der Waals surface area (Å²) in [4.78, 5) is 12.7. The Morgan fingerprint density at radius 2 is 1.76 bits per heavy atom. The van der Waals surface area contributed by atoms with Crippen LogP contribution in [0.3, 0.4) is 0 Å². The molecule has 3 rings (SSSR count). The minimum atomic E-state index is -3.85. The maximum absolute atomic E-state index is 12.9. The lowest BCUT2D eigenvalue weighted by molar-refractivity contribution is -0.121. The molecule has 7 nitrogen and oxygen atoms in total. The third-order valence-corrected chi connectivity index (χ3v) is 7.60. The molecule has 0 unspecified atom stereocenters. The number of phenolic OH excluding ortho intramolecular Hbond substituents is 1. The van der Waals surface area contributed by atoms with Gasteiger partial charge in [0.15, 0.2) is 0 Å². The van der Waals surface area contributed by atoms with Crippen molar-refractivity contribution in [3.63, 3.8) is 0 Å². The van der Waals surface area contributed by atoms with Crippen molar-refractivity contribution in [3.8, 4) is 5.75 Å². The Balaban J connectivity index is 1.76. The van der Waals surface area contributed by atoms with Gasteiger partial charge in [0.05, 0.1) is 20.7 Å². The molecule has 0 spiro atoms. The highest BCUT2D eigenvalue weighted by Crippen LogP contribution is 2.26.